The molecule has 0 fully saturated rings. The van der Waals surface area contributed by atoms with Gasteiger partial charge in [-0.15, -0.1) is 13.2 Å². The number of carbonyl (C=O) groups excluding carboxylic acids is 1. The van der Waals surface area contributed by atoms with Crippen LogP contribution in [0.1, 0.15) is 10.4 Å². The highest BCUT2D eigenvalue weighted by molar-refractivity contribution is 5.95. The van der Waals surface area contributed by atoms with E-state index in [1.165, 1.54) is 43.0 Å². The fourth-order valence-corrected chi connectivity index (χ4v) is 2.16. The van der Waals surface area contributed by atoms with E-state index in [1.54, 1.807) is 0 Å². The Hall–Kier alpha value is -4.09. The third-order valence-corrected chi connectivity index (χ3v) is 3.47. The number of hydrogen-bond donors (Lipinski definition) is 4. The standard InChI is InChI=1S/C17H14F3N7O2/c18-17(19,20)29-12-3-1-11(2-4-12)25-14-13(21)15(24-9-23-14)26-27-16(28)10-5-7-22-8-6-10/h1-9H,21H2,(H,27,28)(H2,23,24,25,26). The fourth-order valence-electron chi connectivity index (χ4n) is 2.16. The smallest absolute Gasteiger partial charge is 0.406 e. The SMILES string of the molecule is Nc1c(NNC(=O)c2ccncc2)ncnc1Nc1ccc(OC(F)(F)F)cc1. The van der Waals surface area contributed by atoms with Crippen LogP contribution >= 0.6 is 0 Å². The molecule has 0 saturated heterocycles. The van der Waals surface area contributed by atoms with Crippen molar-refractivity contribution in [1.29, 1.82) is 0 Å². The van der Waals surface area contributed by atoms with E-state index in [1.807, 2.05) is 0 Å². The Bertz CT molecular complexity index is 983. The van der Waals surface area contributed by atoms with Gasteiger partial charge < -0.3 is 15.8 Å². The Morgan fingerprint density at radius 3 is 2.31 bits per heavy atom. The monoisotopic (exact) mass is 405 g/mol. The molecular weight excluding hydrogens is 391 g/mol. The zero-order valence-corrected chi connectivity index (χ0v) is 14.6. The zero-order valence-electron chi connectivity index (χ0n) is 14.6. The highest BCUT2D eigenvalue weighted by atomic mass is 19.4. The van der Waals surface area contributed by atoms with Crippen molar-refractivity contribution >= 4 is 28.9 Å². The molecule has 29 heavy (non-hydrogen) atoms. The molecule has 1 amide bonds. The van der Waals surface area contributed by atoms with E-state index in [2.05, 4.69) is 35.9 Å². The molecular formula is C17H14F3N7O2. The molecule has 0 spiro atoms. The molecule has 2 heterocycles. The van der Waals surface area contributed by atoms with Crippen LogP contribution in [-0.4, -0.2) is 27.2 Å². The number of hydrogen-bond acceptors (Lipinski definition) is 8. The first kappa shape index (κ1) is 19.7. The summed E-state index contributed by atoms with van der Waals surface area (Å²) in [6.45, 7) is 0. The number of amides is 1. The Morgan fingerprint density at radius 2 is 1.66 bits per heavy atom. The van der Waals surface area contributed by atoms with Gasteiger partial charge in [0.05, 0.1) is 0 Å². The minimum Gasteiger partial charge on any atom is -0.406 e. The third kappa shape index (κ3) is 5.45. The average molecular weight is 405 g/mol. The second-order valence-corrected chi connectivity index (χ2v) is 5.50. The fraction of sp³-hybridized carbons (Fsp3) is 0.0588. The number of nitrogens with one attached hydrogen (secondary N) is 3. The minimum absolute atomic E-state index is 0.0816. The number of pyridine rings is 1. The molecule has 150 valence electrons. The van der Waals surface area contributed by atoms with Gasteiger partial charge in [0.1, 0.15) is 17.8 Å². The molecule has 3 aromatic rings. The van der Waals surface area contributed by atoms with Gasteiger partial charge in [-0.2, -0.15) is 0 Å². The van der Waals surface area contributed by atoms with Gasteiger partial charge in [0.25, 0.3) is 5.91 Å². The number of alkyl halides is 3. The second kappa shape index (κ2) is 8.29. The van der Waals surface area contributed by atoms with Gasteiger partial charge in [0.15, 0.2) is 11.6 Å². The Balaban J connectivity index is 1.66. The van der Waals surface area contributed by atoms with Crippen molar-refractivity contribution in [2.24, 2.45) is 0 Å². The van der Waals surface area contributed by atoms with Gasteiger partial charge >= 0.3 is 6.36 Å². The highest BCUT2D eigenvalue weighted by Gasteiger charge is 2.30. The van der Waals surface area contributed by atoms with Crippen molar-refractivity contribution in [2.75, 3.05) is 16.5 Å². The lowest BCUT2D eigenvalue weighted by atomic mass is 10.2. The Labute approximate surface area is 162 Å². The first-order valence-corrected chi connectivity index (χ1v) is 8.01. The summed E-state index contributed by atoms with van der Waals surface area (Å²) in [6, 6.07) is 8.06. The lowest BCUT2D eigenvalue weighted by Gasteiger charge is -2.14. The van der Waals surface area contributed by atoms with Crippen LogP contribution < -0.4 is 26.6 Å². The van der Waals surface area contributed by atoms with Crippen LogP contribution in [0.5, 0.6) is 5.75 Å². The van der Waals surface area contributed by atoms with Crippen LogP contribution in [0, 0.1) is 0 Å². The van der Waals surface area contributed by atoms with Gasteiger partial charge in [0, 0.05) is 23.6 Å². The predicted molar refractivity (Wildman–Crippen MR) is 98.2 cm³/mol. The van der Waals surface area contributed by atoms with Crippen LogP contribution in [0.15, 0.2) is 55.1 Å². The van der Waals surface area contributed by atoms with E-state index >= 15 is 0 Å². The van der Waals surface area contributed by atoms with Crippen LogP contribution in [0.25, 0.3) is 0 Å². The summed E-state index contributed by atoms with van der Waals surface area (Å²) < 4.78 is 40.4. The van der Waals surface area contributed by atoms with Crippen LogP contribution in [0.3, 0.4) is 0 Å². The average Bonchev–Trinajstić information content (AvgIpc) is 2.69. The number of carbonyl (C=O) groups is 1. The van der Waals surface area contributed by atoms with Gasteiger partial charge in [-0.1, -0.05) is 0 Å². The largest absolute Gasteiger partial charge is 0.573 e. The van der Waals surface area contributed by atoms with Crippen molar-refractivity contribution in [1.82, 2.24) is 20.4 Å². The summed E-state index contributed by atoms with van der Waals surface area (Å²) in [5.74, 6) is -0.479. The summed E-state index contributed by atoms with van der Waals surface area (Å²) in [5.41, 5.74) is 11.9. The number of anilines is 4. The van der Waals surface area contributed by atoms with Gasteiger partial charge in [0.2, 0.25) is 0 Å². The lowest BCUT2D eigenvalue weighted by molar-refractivity contribution is -0.274. The summed E-state index contributed by atoms with van der Waals surface area (Å²) in [7, 11) is 0. The Morgan fingerprint density at radius 1 is 1.00 bits per heavy atom. The number of rotatable bonds is 6. The molecule has 0 unspecified atom stereocenters. The lowest BCUT2D eigenvalue weighted by Crippen LogP contribution is -2.30. The van der Waals surface area contributed by atoms with Crippen molar-refractivity contribution in [3.05, 3.63) is 60.7 Å². The maximum atomic E-state index is 12.2. The van der Waals surface area contributed by atoms with Crippen LogP contribution in [-0.2, 0) is 0 Å². The molecule has 1 aromatic carbocycles. The topological polar surface area (TPSA) is 127 Å². The molecule has 2 aromatic heterocycles. The number of aromatic nitrogens is 3. The maximum Gasteiger partial charge on any atom is 0.573 e. The molecule has 5 N–H and O–H groups in total. The van der Waals surface area contributed by atoms with E-state index in [-0.39, 0.29) is 23.1 Å². The number of hydrazine groups is 1. The van der Waals surface area contributed by atoms with Gasteiger partial charge in [-0.3, -0.25) is 20.6 Å². The first-order chi connectivity index (χ1) is 13.8. The second-order valence-electron chi connectivity index (χ2n) is 5.50. The number of nitrogens with two attached hydrogens (primary N) is 1. The first-order valence-electron chi connectivity index (χ1n) is 8.01. The van der Waals surface area contributed by atoms with E-state index in [0.29, 0.717) is 11.3 Å². The molecule has 3 rings (SSSR count). The molecule has 0 radical (unpaired) electrons. The quantitative estimate of drug-likeness (QED) is 0.461. The molecule has 0 atom stereocenters. The molecule has 0 aliphatic heterocycles. The predicted octanol–water partition coefficient (Wildman–Crippen LogP) is 2.85. The van der Waals surface area contributed by atoms with E-state index in [9.17, 15) is 18.0 Å². The van der Waals surface area contributed by atoms with Crippen molar-refractivity contribution in [3.8, 4) is 5.75 Å². The summed E-state index contributed by atoms with van der Waals surface area (Å²) in [5, 5.41) is 2.85. The third-order valence-electron chi connectivity index (χ3n) is 3.47. The molecule has 0 saturated carbocycles. The molecule has 0 bridgehead atoms. The van der Waals surface area contributed by atoms with Gasteiger partial charge in [-0.05, 0) is 36.4 Å². The number of halogens is 3. The number of benzene rings is 1. The van der Waals surface area contributed by atoms with E-state index in [4.69, 9.17) is 5.73 Å². The number of ether oxygens (including phenoxy) is 1. The summed E-state index contributed by atoms with van der Waals surface area (Å²) in [4.78, 5) is 23.8. The molecule has 0 aliphatic rings. The molecule has 9 nitrogen and oxygen atoms in total. The normalized spacial score (nSPS) is 10.9. The summed E-state index contributed by atoms with van der Waals surface area (Å²) >= 11 is 0. The summed E-state index contributed by atoms with van der Waals surface area (Å²) in [6.07, 6.45) is -0.629. The van der Waals surface area contributed by atoms with Crippen molar-refractivity contribution < 1.29 is 22.7 Å². The highest BCUT2D eigenvalue weighted by Crippen LogP contribution is 2.28. The Kier molecular flexibility index (Phi) is 5.62. The van der Waals surface area contributed by atoms with Crippen molar-refractivity contribution in [3.63, 3.8) is 0 Å². The maximum absolute atomic E-state index is 12.2. The van der Waals surface area contributed by atoms with Gasteiger partial charge in [-0.25, -0.2) is 9.97 Å². The van der Waals surface area contributed by atoms with E-state index in [0.717, 1.165) is 12.1 Å². The molecule has 0 aliphatic carbocycles. The minimum atomic E-state index is -4.77. The number of nitrogens with zero attached hydrogens (tertiary/aromatic N) is 3. The molecule has 12 heteroatoms. The van der Waals surface area contributed by atoms with Crippen LogP contribution in [0.2, 0.25) is 0 Å². The zero-order chi connectivity index (χ0) is 20.9. The van der Waals surface area contributed by atoms with E-state index < -0.39 is 12.3 Å². The van der Waals surface area contributed by atoms with Crippen LogP contribution in [0.4, 0.5) is 36.2 Å². The van der Waals surface area contributed by atoms with Crippen molar-refractivity contribution in [2.45, 2.75) is 6.36 Å². The number of nitrogen functional groups attached to an aromatic ring is 1.